The van der Waals surface area contributed by atoms with E-state index in [0.717, 1.165) is 49.3 Å². The van der Waals surface area contributed by atoms with E-state index in [2.05, 4.69) is 24.4 Å². The molecule has 43 heavy (non-hydrogen) atoms. The molecule has 1 saturated carbocycles. The molecule has 1 amide bonds. The fourth-order valence-electron chi connectivity index (χ4n) is 5.80. The summed E-state index contributed by atoms with van der Waals surface area (Å²) in [6.07, 6.45) is 5.57. The van der Waals surface area contributed by atoms with Crippen molar-refractivity contribution < 1.29 is 23.1 Å². The third-order valence-corrected chi connectivity index (χ3v) is 8.21. The molecule has 1 fully saturated rings. The highest BCUT2D eigenvalue weighted by Gasteiger charge is 2.26. The number of nitrogens with two attached hydrogens (primary N) is 1. The number of amides is 1. The molecule has 0 radical (unpaired) electrons. The fourth-order valence-corrected chi connectivity index (χ4v) is 5.80. The lowest BCUT2D eigenvalue weighted by atomic mass is 9.94. The summed E-state index contributed by atoms with van der Waals surface area (Å²) in [6.45, 7) is 4.68. The number of rotatable bonds is 12. The number of carbonyl (C=O) groups excluding carboxylic acids is 2. The zero-order valence-corrected chi connectivity index (χ0v) is 25.4. The monoisotopic (exact) mass is 591 g/mol. The van der Waals surface area contributed by atoms with Crippen LogP contribution in [0.15, 0.2) is 60.7 Å². The first-order valence-corrected chi connectivity index (χ1v) is 15.2. The third kappa shape index (κ3) is 9.18. The van der Waals surface area contributed by atoms with E-state index in [1.165, 1.54) is 24.1 Å². The number of nitrogens with one attached hydrogen (secondary N) is 1. The first kappa shape index (κ1) is 32.3. The number of hydrogen-bond acceptors (Lipinski definition) is 5. The van der Waals surface area contributed by atoms with Crippen LogP contribution in [0.25, 0.3) is 0 Å². The van der Waals surface area contributed by atoms with Crippen LogP contribution in [-0.4, -0.2) is 48.6 Å². The van der Waals surface area contributed by atoms with Crippen LogP contribution >= 0.6 is 0 Å². The number of benzene rings is 3. The summed E-state index contributed by atoms with van der Waals surface area (Å²) in [4.78, 5) is 28.6. The van der Waals surface area contributed by atoms with Crippen LogP contribution < -0.4 is 11.1 Å². The lowest BCUT2D eigenvalue weighted by Gasteiger charge is -2.31. The SMILES string of the molecule is CCc1cccc(CNC[C@@H](OC(=O)c2cc(C)cc(C(=O)N(C)C3CCCCC3)c2)[C@@H](N)Cc2cc(F)cc(F)c2)c1. The topological polar surface area (TPSA) is 84.7 Å². The van der Waals surface area contributed by atoms with Gasteiger partial charge in [0, 0.05) is 43.9 Å². The zero-order valence-electron chi connectivity index (χ0n) is 25.4. The lowest BCUT2D eigenvalue weighted by Crippen LogP contribution is -2.46. The number of carbonyl (C=O) groups is 2. The Kier molecular flexibility index (Phi) is 11.4. The molecule has 1 aliphatic carbocycles. The average molecular weight is 592 g/mol. The molecular weight excluding hydrogens is 548 g/mol. The van der Waals surface area contributed by atoms with Gasteiger partial charge in [0.15, 0.2) is 0 Å². The van der Waals surface area contributed by atoms with Gasteiger partial charge in [-0.15, -0.1) is 0 Å². The quantitative estimate of drug-likeness (QED) is 0.248. The molecule has 2 atom stereocenters. The minimum absolute atomic E-state index is 0.101. The highest BCUT2D eigenvalue weighted by molar-refractivity contribution is 5.98. The van der Waals surface area contributed by atoms with E-state index < -0.39 is 29.7 Å². The van der Waals surface area contributed by atoms with Crippen LogP contribution in [0.4, 0.5) is 8.78 Å². The van der Waals surface area contributed by atoms with Crippen LogP contribution in [0.5, 0.6) is 0 Å². The van der Waals surface area contributed by atoms with Gasteiger partial charge in [0.1, 0.15) is 17.7 Å². The van der Waals surface area contributed by atoms with Crippen LogP contribution in [0.1, 0.15) is 82.0 Å². The standard InChI is InChI=1S/C35H43F2N3O3/c1-4-24-9-8-10-25(15-24)21-39-22-33(32(38)18-26-16-29(36)20-30(37)17-26)43-35(42)28-14-23(2)13-27(19-28)34(41)40(3)31-11-6-5-7-12-31/h8-10,13-17,19-20,31-33,39H,4-7,11-12,18,21-22,38H2,1-3H3/t32-,33+/m0/s1. The molecule has 0 saturated heterocycles. The van der Waals surface area contributed by atoms with E-state index in [1.54, 1.807) is 23.1 Å². The van der Waals surface area contributed by atoms with Gasteiger partial charge in [-0.25, -0.2) is 13.6 Å². The van der Waals surface area contributed by atoms with E-state index >= 15 is 0 Å². The van der Waals surface area contributed by atoms with Crippen molar-refractivity contribution in [2.75, 3.05) is 13.6 Å². The molecule has 0 aromatic heterocycles. The number of aryl methyl sites for hydroxylation is 2. The number of hydrogen-bond donors (Lipinski definition) is 2. The Hall–Kier alpha value is -3.62. The number of halogens is 2. The molecule has 0 bridgehead atoms. The highest BCUT2D eigenvalue weighted by Crippen LogP contribution is 2.24. The van der Waals surface area contributed by atoms with E-state index in [1.807, 2.05) is 26.1 Å². The molecule has 3 aromatic carbocycles. The van der Waals surface area contributed by atoms with Crippen LogP contribution in [0.2, 0.25) is 0 Å². The van der Waals surface area contributed by atoms with Crippen molar-refractivity contribution in [1.29, 1.82) is 0 Å². The van der Waals surface area contributed by atoms with Crippen molar-refractivity contribution in [3.8, 4) is 0 Å². The second kappa shape index (κ2) is 15.2. The first-order valence-electron chi connectivity index (χ1n) is 15.2. The molecule has 0 aliphatic heterocycles. The van der Waals surface area contributed by atoms with Gasteiger partial charge >= 0.3 is 5.97 Å². The second-order valence-corrected chi connectivity index (χ2v) is 11.7. The number of esters is 1. The van der Waals surface area contributed by atoms with Crippen LogP contribution in [0.3, 0.4) is 0 Å². The maximum Gasteiger partial charge on any atom is 0.338 e. The van der Waals surface area contributed by atoms with E-state index in [-0.39, 0.29) is 30.5 Å². The van der Waals surface area contributed by atoms with Crippen molar-refractivity contribution in [1.82, 2.24) is 10.2 Å². The summed E-state index contributed by atoms with van der Waals surface area (Å²) >= 11 is 0. The van der Waals surface area contributed by atoms with Gasteiger partial charge < -0.3 is 20.7 Å². The van der Waals surface area contributed by atoms with E-state index in [4.69, 9.17) is 10.5 Å². The fraction of sp³-hybridized carbons (Fsp3) is 0.429. The summed E-state index contributed by atoms with van der Waals surface area (Å²) in [6, 6.07) is 15.9. The number of nitrogens with zero attached hydrogens (tertiary/aromatic N) is 1. The molecule has 4 rings (SSSR count). The summed E-state index contributed by atoms with van der Waals surface area (Å²) in [5, 5.41) is 3.33. The normalized spacial score (nSPS) is 15.1. The molecule has 0 spiro atoms. The number of ether oxygens (including phenoxy) is 1. The molecule has 3 aromatic rings. The van der Waals surface area contributed by atoms with Gasteiger partial charge in [0.25, 0.3) is 5.91 Å². The molecule has 3 N–H and O–H groups in total. The van der Waals surface area contributed by atoms with Gasteiger partial charge in [0.05, 0.1) is 5.56 Å². The van der Waals surface area contributed by atoms with Gasteiger partial charge in [-0.1, -0.05) is 50.5 Å². The van der Waals surface area contributed by atoms with Crippen LogP contribution in [0, 0.1) is 18.6 Å². The van der Waals surface area contributed by atoms with Gasteiger partial charge in [0.2, 0.25) is 0 Å². The predicted molar refractivity (Wildman–Crippen MR) is 165 cm³/mol. The largest absolute Gasteiger partial charge is 0.456 e. The summed E-state index contributed by atoms with van der Waals surface area (Å²) < 4.78 is 33.7. The average Bonchev–Trinajstić information content (AvgIpc) is 2.99. The van der Waals surface area contributed by atoms with Crippen molar-refractivity contribution in [3.05, 3.63) is 106 Å². The lowest BCUT2D eigenvalue weighted by molar-refractivity contribution is 0.0238. The Balaban J connectivity index is 1.50. The van der Waals surface area contributed by atoms with E-state index in [0.29, 0.717) is 17.7 Å². The molecule has 1 aliphatic rings. The van der Waals surface area contributed by atoms with Gasteiger partial charge in [-0.3, -0.25) is 4.79 Å². The minimum Gasteiger partial charge on any atom is -0.456 e. The summed E-state index contributed by atoms with van der Waals surface area (Å²) in [5.41, 5.74) is 10.6. The summed E-state index contributed by atoms with van der Waals surface area (Å²) in [5.74, 6) is -2.12. The Morgan fingerprint density at radius 2 is 1.63 bits per heavy atom. The highest BCUT2D eigenvalue weighted by atomic mass is 19.1. The molecule has 6 nitrogen and oxygen atoms in total. The molecule has 8 heteroatoms. The first-order chi connectivity index (χ1) is 20.6. The Bertz CT molecular complexity index is 1390. The predicted octanol–water partition coefficient (Wildman–Crippen LogP) is 6.13. The Labute approximate surface area is 253 Å². The smallest absolute Gasteiger partial charge is 0.338 e. The van der Waals surface area contributed by atoms with Crippen molar-refractivity contribution >= 4 is 11.9 Å². The molecular formula is C35H43F2N3O3. The second-order valence-electron chi connectivity index (χ2n) is 11.7. The summed E-state index contributed by atoms with van der Waals surface area (Å²) in [7, 11) is 1.82. The van der Waals surface area contributed by atoms with Crippen molar-refractivity contribution in [2.24, 2.45) is 5.73 Å². The van der Waals surface area contributed by atoms with Crippen molar-refractivity contribution in [2.45, 2.75) is 83.5 Å². The zero-order chi connectivity index (χ0) is 30.9. The Morgan fingerprint density at radius 1 is 0.953 bits per heavy atom. The van der Waals surface area contributed by atoms with Crippen molar-refractivity contribution in [3.63, 3.8) is 0 Å². The van der Waals surface area contributed by atoms with Gasteiger partial charge in [-0.2, -0.15) is 0 Å². The Morgan fingerprint density at radius 3 is 2.33 bits per heavy atom. The minimum atomic E-state index is -0.808. The molecule has 0 unspecified atom stereocenters. The maximum absolute atomic E-state index is 13.9. The maximum atomic E-state index is 13.9. The van der Waals surface area contributed by atoms with Gasteiger partial charge in [-0.05, 0) is 85.2 Å². The molecule has 230 valence electrons. The van der Waals surface area contributed by atoms with Crippen LogP contribution in [-0.2, 0) is 24.1 Å². The third-order valence-electron chi connectivity index (χ3n) is 8.21. The molecule has 0 heterocycles. The van der Waals surface area contributed by atoms with E-state index in [9.17, 15) is 18.4 Å².